The van der Waals surface area contributed by atoms with Crippen molar-refractivity contribution in [1.29, 1.82) is 0 Å². The van der Waals surface area contributed by atoms with Crippen LogP contribution in [0.5, 0.6) is 0 Å². The zero-order valence-corrected chi connectivity index (χ0v) is 11.2. The molecule has 0 bridgehead atoms. The summed E-state index contributed by atoms with van der Waals surface area (Å²) in [5.74, 6) is -1.22. The predicted octanol–water partition coefficient (Wildman–Crippen LogP) is 2.86. The molecule has 0 aliphatic rings. The van der Waals surface area contributed by atoms with Crippen LogP contribution in [0.15, 0.2) is 42.7 Å². The van der Waals surface area contributed by atoms with Gasteiger partial charge in [-0.3, -0.25) is 15.1 Å². The van der Waals surface area contributed by atoms with Crippen molar-refractivity contribution in [3.8, 4) is 0 Å². The molecule has 0 aliphatic carbocycles. The average molecular weight is 287 g/mol. The number of hydrogen-bond donors (Lipinski definition) is 2. The Morgan fingerprint density at radius 2 is 2.14 bits per heavy atom. The molecule has 1 heterocycles. The standard InChI is InChI=1S/C14H13N3O4/c1-9(10-4-3-7-15-8-10)16-13-11(14(18)19)5-2-6-12(13)17(20)21/h2-9,16H,1H3,(H,18,19). The Morgan fingerprint density at radius 1 is 1.38 bits per heavy atom. The summed E-state index contributed by atoms with van der Waals surface area (Å²) in [6, 6.07) is 7.17. The lowest BCUT2D eigenvalue weighted by molar-refractivity contribution is -0.384. The molecule has 1 aromatic heterocycles. The molecule has 0 saturated carbocycles. The van der Waals surface area contributed by atoms with Crippen LogP contribution >= 0.6 is 0 Å². The molecule has 21 heavy (non-hydrogen) atoms. The summed E-state index contributed by atoms with van der Waals surface area (Å²) in [5.41, 5.74) is 0.379. The summed E-state index contributed by atoms with van der Waals surface area (Å²) in [7, 11) is 0. The fourth-order valence-corrected chi connectivity index (χ4v) is 1.95. The van der Waals surface area contributed by atoms with E-state index in [1.165, 1.54) is 18.2 Å². The van der Waals surface area contributed by atoms with E-state index in [1.807, 2.05) is 0 Å². The number of pyridine rings is 1. The summed E-state index contributed by atoms with van der Waals surface area (Å²) in [4.78, 5) is 25.7. The van der Waals surface area contributed by atoms with Crippen molar-refractivity contribution < 1.29 is 14.8 Å². The second kappa shape index (κ2) is 6.00. The minimum atomic E-state index is -1.22. The topological polar surface area (TPSA) is 105 Å². The SMILES string of the molecule is CC(Nc1c(C(=O)O)cccc1[N+](=O)[O-])c1cccnc1. The molecular formula is C14H13N3O4. The summed E-state index contributed by atoms with van der Waals surface area (Å²) in [5, 5.41) is 23.2. The summed E-state index contributed by atoms with van der Waals surface area (Å²) in [6.45, 7) is 1.78. The van der Waals surface area contributed by atoms with E-state index in [-0.39, 0.29) is 23.0 Å². The Hall–Kier alpha value is -2.96. The number of anilines is 1. The van der Waals surface area contributed by atoms with E-state index in [2.05, 4.69) is 10.3 Å². The van der Waals surface area contributed by atoms with Gasteiger partial charge in [0.1, 0.15) is 5.69 Å². The number of nitrogens with zero attached hydrogens (tertiary/aromatic N) is 2. The van der Waals surface area contributed by atoms with Crippen LogP contribution in [0.4, 0.5) is 11.4 Å². The number of carboxylic acids is 1. The quantitative estimate of drug-likeness (QED) is 0.647. The number of aromatic carboxylic acids is 1. The van der Waals surface area contributed by atoms with Crippen LogP contribution in [-0.2, 0) is 0 Å². The van der Waals surface area contributed by atoms with E-state index in [4.69, 9.17) is 0 Å². The van der Waals surface area contributed by atoms with Gasteiger partial charge in [0.25, 0.3) is 5.69 Å². The first-order valence-electron chi connectivity index (χ1n) is 6.18. The van der Waals surface area contributed by atoms with Crippen LogP contribution in [0.1, 0.15) is 28.9 Å². The molecule has 0 spiro atoms. The van der Waals surface area contributed by atoms with E-state index in [0.29, 0.717) is 0 Å². The number of nitro benzene ring substituents is 1. The third-order valence-corrected chi connectivity index (χ3v) is 3.01. The maximum atomic E-state index is 11.2. The van der Waals surface area contributed by atoms with Crippen molar-refractivity contribution in [3.63, 3.8) is 0 Å². The molecule has 2 rings (SSSR count). The van der Waals surface area contributed by atoms with Gasteiger partial charge in [-0.15, -0.1) is 0 Å². The van der Waals surface area contributed by atoms with Crippen LogP contribution in [0, 0.1) is 10.1 Å². The van der Waals surface area contributed by atoms with Crippen LogP contribution in [0.3, 0.4) is 0 Å². The van der Waals surface area contributed by atoms with Gasteiger partial charge in [0.05, 0.1) is 16.5 Å². The van der Waals surface area contributed by atoms with Gasteiger partial charge in [0.15, 0.2) is 0 Å². The molecule has 108 valence electrons. The van der Waals surface area contributed by atoms with Gasteiger partial charge in [-0.25, -0.2) is 4.79 Å². The first-order chi connectivity index (χ1) is 10.0. The number of nitro groups is 1. The minimum absolute atomic E-state index is 0.00801. The van der Waals surface area contributed by atoms with Gasteiger partial charge in [-0.1, -0.05) is 12.1 Å². The van der Waals surface area contributed by atoms with Crippen LogP contribution in [0.25, 0.3) is 0 Å². The zero-order chi connectivity index (χ0) is 15.4. The molecule has 0 amide bonds. The van der Waals surface area contributed by atoms with Gasteiger partial charge >= 0.3 is 5.97 Å². The largest absolute Gasteiger partial charge is 0.478 e. The van der Waals surface area contributed by atoms with Gasteiger partial charge in [-0.05, 0) is 24.6 Å². The van der Waals surface area contributed by atoms with Crippen molar-refractivity contribution in [1.82, 2.24) is 4.98 Å². The lowest BCUT2D eigenvalue weighted by Gasteiger charge is -2.16. The van der Waals surface area contributed by atoms with Crippen LogP contribution in [-0.4, -0.2) is 21.0 Å². The molecule has 7 nitrogen and oxygen atoms in total. The summed E-state index contributed by atoms with van der Waals surface area (Å²) in [6.07, 6.45) is 3.23. The highest BCUT2D eigenvalue weighted by Gasteiger charge is 2.22. The maximum Gasteiger partial charge on any atom is 0.338 e. The number of carbonyl (C=O) groups is 1. The summed E-state index contributed by atoms with van der Waals surface area (Å²) < 4.78 is 0. The molecule has 0 aliphatic heterocycles. The predicted molar refractivity (Wildman–Crippen MR) is 76.3 cm³/mol. The number of carboxylic acid groups (broad SMARTS) is 1. The lowest BCUT2D eigenvalue weighted by atomic mass is 10.1. The maximum absolute atomic E-state index is 11.2. The van der Waals surface area contributed by atoms with E-state index in [9.17, 15) is 20.0 Å². The monoisotopic (exact) mass is 287 g/mol. The third kappa shape index (κ3) is 3.14. The van der Waals surface area contributed by atoms with E-state index in [0.717, 1.165) is 5.56 Å². The molecule has 7 heteroatoms. The van der Waals surface area contributed by atoms with Gasteiger partial charge in [0.2, 0.25) is 0 Å². The minimum Gasteiger partial charge on any atom is -0.478 e. The molecule has 0 fully saturated rings. The Morgan fingerprint density at radius 3 is 2.71 bits per heavy atom. The molecule has 0 saturated heterocycles. The van der Waals surface area contributed by atoms with E-state index >= 15 is 0 Å². The third-order valence-electron chi connectivity index (χ3n) is 3.01. The molecular weight excluding hydrogens is 274 g/mol. The second-order valence-electron chi connectivity index (χ2n) is 4.41. The van der Waals surface area contributed by atoms with Crippen molar-refractivity contribution in [2.75, 3.05) is 5.32 Å². The Kier molecular flexibility index (Phi) is 4.13. The number of nitrogens with one attached hydrogen (secondary N) is 1. The molecule has 1 aromatic carbocycles. The van der Waals surface area contributed by atoms with Gasteiger partial charge < -0.3 is 10.4 Å². The molecule has 2 N–H and O–H groups in total. The number of aromatic nitrogens is 1. The lowest BCUT2D eigenvalue weighted by Crippen LogP contribution is -2.12. The Labute approximate surface area is 120 Å². The van der Waals surface area contributed by atoms with Crippen molar-refractivity contribution in [2.24, 2.45) is 0 Å². The number of para-hydroxylation sites is 1. The average Bonchev–Trinajstić information content (AvgIpc) is 2.47. The van der Waals surface area contributed by atoms with E-state index < -0.39 is 10.9 Å². The van der Waals surface area contributed by atoms with Crippen LogP contribution < -0.4 is 5.32 Å². The first kappa shape index (κ1) is 14.4. The fraction of sp³-hybridized carbons (Fsp3) is 0.143. The van der Waals surface area contributed by atoms with Gasteiger partial charge in [0, 0.05) is 18.5 Å². The highest BCUT2D eigenvalue weighted by Crippen LogP contribution is 2.31. The highest BCUT2D eigenvalue weighted by atomic mass is 16.6. The van der Waals surface area contributed by atoms with Crippen molar-refractivity contribution in [3.05, 3.63) is 64.0 Å². The Balaban J connectivity index is 2.42. The zero-order valence-electron chi connectivity index (χ0n) is 11.2. The molecule has 1 atom stereocenters. The fourth-order valence-electron chi connectivity index (χ4n) is 1.95. The Bertz CT molecular complexity index is 641. The second-order valence-corrected chi connectivity index (χ2v) is 4.41. The molecule has 2 aromatic rings. The highest BCUT2D eigenvalue weighted by molar-refractivity contribution is 5.96. The normalized spacial score (nSPS) is 11.7. The first-order valence-corrected chi connectivity index (χ1v) is 6.18. The van der Waals surface area contributed by atoms with Crippen molar-refractivity contribution in [2.45, 2.75) is 13.0 Å². The number of rotatable bonds is 5. The smallest absolute Gasteiger partial charge is 0.338 e. The van der Waals surface area contributed by atoms with Crippen molar-refractivity contribution >= 4 is 17.3 Å². The number of benzene rings is 1. The molecule has 0 radical (unpaired) electrons. The van der Waals surface area contributed by atoms with Gasteiger partial charge in [-0.2, -0.15) is 0 Å². The number of hydrogen-bond acceptors (Lipinski definition) is 5. The summed E-state index contributed by atoms with van der Waals surface area (Å²) >= 11 is 0. The van der Waals surface area contributed by atoms with E-state index in [1.54, 1.807) is 31.5 Å². The van der Waals surface area contributed by atoms with Crippen LogP contribution in [0.2, 0.25) is 0 Å². The molecule has 1 unspecified atom stereocenters.